The van der Waals surface area contributed by atoms with E-state index in [4.69, 9.17) is 14.2 Å². The Labute approximate surface area is 132 Å². The molecular formula is C14H18N4O5. The van der Waals surface area contributed by atoms with Crippen LogP contribution in [0.3, 0.4) is 0 Å². The van der Waals surface area contributed by atoms with Gasteiger partial charge in [-0.2, -0.15) is 0 Å². The van der Waals surface area contributed by atoms with Crippen molar-refractivity contribution < 1.29 is 19.1 Å². The second-order valence-corrected chi connectivity index (χ2v) is 4.66. The molecule has 0 aliphatic heterocycles. The van der Waals surface area contributed by atoms with E-state index in [1.807, 2.05) is 0 Å². The number of ether oxygens (including phenoxy) is 3. The highest BCUT2D eigenvalue weighted by Crippen LogP contribution is 2.35. The van der Waals surface area contributed by atoms with Gasteiger partial charge in [-0.1, -0.05) is 0 Å². The number of rotatable bonds is 7. The van der Waals surface area contributed by atoms with Crippen LogP contribution >= 0.6 is 0 Å². The molecule has 0 saturated carbocycles. The predicted molar refractivity (Wildman–Crippen MR) is 83.3 cm³/mol. The third-order valence-electron chi connectivity index (χ3n) is 3.32. The van der Waals surface area contributed by atoms with Crippen molar-refractivity contribution in [3.8, 4) is 17.2 Å². The highest BCUT2D eigenvalue weighted by atomic mass is 16.6. The molecule has 0 atom stereocenters. The summed E-state index contributed by atoms with van der Waals surface area (Å²) in [4.78, 5) is 14.2. The summed E-state index contributed by atoms with van der Waals surface area (Å²) >= 11 is 0. The fraction of sp³-hybridized carbons (Fsp3) is 0.357. The third kappa shape index (κ3) is 3.28. The highest BCUT2D eigenvalue weighted by Gasteiger charge is 2.20. The van der Waals surface area contributed by atoms with Crippen LogP contribution < -0.4 is 19.5 Å². The number of aromatic nitrogens is 2. The van der Waals surface area contributed by atoms with E-state index in [-0.39, 0.29) is 5.82 Å². The number of aryl methyl sites for hydroxylation is 1. The molecule has 1 N–H and O–H groups in total. The van der Waals surface area contributed by atoms with Crippen LogP contribution in [0.15, 0.2) is 18.5 Å². The van der Waals surface area contributed by atoms with Gasteiger partial charge in [0.2, 0.25) is 12.1 Å². The van der Waals surface area contributed by atoms with Gasteiger partial charge in [0, 0.05) is 25.2 Å². The van der Waals surface area contributed by atoms with Crippen LogP contribution in [0, 0.1) is 10.1 Å². The monoisotopic (exact) mass is 322 g/mol. The molecule has 0 radical (unpaired) electrons. The SMILES string of the molecule is COc1cc(OC)c(OC)cc1CNc1c([N+](=O)[O-])ncn1C. The average Bonchev–Trinajstić information content (AvgIpc) is 2.92. The largest absolute Gasteiger partial charge is 0.496 e. The Morgan fingerprint density at radius 1 is 1.17 bits per heavy atom. The Bertz CT molecular complexity index is 713. The molecule has 0 spiro atoms. The summed E-state index contributed by atoms with van der Waals surface area (Å²) in [5.41, 5.74) is 0.764. The lowest BCUT2D eigenvalue weighted by Gasteiger charge is -2.15. The summed E-state index contributed by atoms with van der Waals surface area (Å²) in [6.45, 7) is 0.296. The van der Waals surface area contributed by atoms with E-state index >= 15 is 0 Å². The van der Waals surface area contributed by atoms with Crippen LogP contribution in [0.5, 0.6) is 17.2 Å². The molecule has 1 aromatic carbocycles. The lowest BCUT2D eigenvalue weighted by molar-refractivity contribution is -0.388. The topological polar surface area (TPSA) is 101 Å². The van der Waals surface area contributed by atoms with E-state index < -0.39 is 4.92 Å². The van der Waals surface area contributed by atoms with Gasteiger partial charge >= 0.3 is 5.82 Å². The minimum Gasteiger partial charge on any atom is -0.496 e. The molecule has 1 heterocycles. The van der Waals surface area contributed by atoms with E-state index in [2.05, 4.69) is 10.3 Å². The Morgan fingerprint density at radius 3 is 2.35 bits per heavy atom. The quantitative estimate of drug-likeness (QED) is 0.614. The maximum absolute atomic E-state index is 11.0. The van der Waals surface area contributed by atoms with Crippen LogP contribution in [-0.2, 0) is 13.6 Å². The molecule has 9 heteroatoms. The van der Waals surface area contributed by atoms with Crippen molar-refractivity contribution in [1.82, 2.24) is 9.55 Å². The minimum absolute atomic E-state index is 0.230. The van der Waals surface area contributed by atoms with Crippen LogP contribution in [0.1, 0.15) is 5.56 Å². The molecule has 0 aliphatic rings. The molecule has 124 valence electrons. The summed E-state index contributed by atoms with van der Waals surface area (Å²) < 4.78 is 17.4. The number of anilines is 1. The third-order valence-corrected chi connectivity index (χ3v) is 3.32. The van der Waals surface area contributed by atoms with Crippen molar-refractivity contribution in [3.63, 3.8) is 0 Å². The first-order valence-electron chi connectivity index (χ1n) is 6.70. The number of hydrogen-bond donors (Lipinski definition) is 1. The number of methoxy groups -OCH3 is 3. The minimum atomic E-state index is -0.534. The van der Waals surface area contributed by atoms with Crippen LogP contribution in [0.2, 0.25) is 0 Å². The first-order valence-corrected chi connectivity index (χ1v) is 6.70. The fourth-order valence-electron chi connectivity index (χ4n) is 2.16. The highest BCUT2D eigenvalue weighted by molar-refractivity contribution is 5.55. The van der Waals surface area contributed by atoms with E-state index in [1.165, 1.54) is 27.7 Å². The normalized spacial score (nSPS) is 10.3. The Kier molecular flexibility index (Phi) is 4.89. The predicted octanol–water partition coefficient (Wildman–Crippen LogP) is 1.97. The van der Waals surface area contributed by atoms with Gasteiger partial charge in [0.05, 0.1) is 21.3 Å². The summed E-state index contributed by atoms with van der Waals surface area (Å²) in [7, 11) is 6.28. The molecule has 0 unspecified atom stereocenters. The van der Waals surface area contributed by atoms with Gasteiger partial charge in [-0.15, -0.1) is 0 Å². The van der Waals surface area contributed by atoms with Gasteiger partial charge in [-0.05, 0) is 16.0 Å². The molecule has 0 fully saturated rings. The number of nitrogens with zero attached hydrogens (tertiary/aromatic N) is 3. The maximum atomic E-state index is 11.0. The van der Waals surface area contributed by atoms with Crippen molar-refractivity contribution in [2.75, 3.05) is 26.6 Å². The zero-order valence-corrected chi connectivity index (χ0v) is 13.3. The average molecular weight is 322 g/mol. The van der Waals surface area contributed by atoms with E-state index in [0.29, 0.717) is 29.6 Å². The first kappa shape index (κ1) is 16.4. The van der Waals surface area contributed by atoms with Crippen molar-refractivity contribution in [2.45, 2.75) is 6.54 Å². The van der Waals surface area contributed by atoms with Gasteiger partial charge in [0.15, 0.2) is 11.5 Å². The molecular weight excluding hydrogens is 304 g/mol. The van der Waals surface area contributed by atoms with Gasteiger partial charge < -0.3 is 29.6 Å². The molecule has 2 aromatic rings. The number of imidazole rings is 1. The second-order valence-electron chi connectivity index (χ2n) is 4.66. The van der Waals surface area contributed by atoms with E-state index in [0.717, 1.165) is 5.56 Å². The molecule has 0 amide bonds. The van der Waals surface area contributed by atoms with Crippen molar-refractivity contribution in [1.29, 1.82) is 0 Å². The van der Waals surface area contributed by atoms with Crippen molar-refractivity contribution >= 4 is 11.6 Å². The van der Waals surface area contributed by atoms with Gasteiger partial charge in [0.1, 0.15) is 5.75 Å². The second kappa shape index (κ2) is 6.86. The molecule has 9 nitrogen and oxygen atoms in total. The van der Waals surface area contributed by atoms with Crippen LogP contribution in [0.25, 0.3) is 0 Å². The maximum Gasteiger partial charge on any atom is 0.406 e. The summed E-state index contributed by atoms with van der Waals surface area (Å²) in [6.07, 6.45) is 1.38. The van der Waals surface area contributed by atoms with Gasteiger partial charge in [0.25, 0.3) is 0 Å². The molecule has 0 saturated heterocycles. The lowest BCUT2D eigenvalue weighted by Crippen LogP contribution is -2.07. The van der Waals surface area contributed by atoms with Gasteiger partial charge in [-0.25, -0.2) is 0 Å². The first-order chi connectivity index (χ1) is 11.0. The number of nitro groups is 1. The Morgan fingerprint density at radius 2 is 1.78 bits per heavy atom. The molecule has 0 bridgehead atoms. The summed E-state index contributed by atoms with van der Waals surface area (Å²) in [6, 6.07) is 3.46. The number of hydrogen-bond acceptors (Lipinski definition) is 7. The number of benzene rings is 1. The molecule has 0 aliphatic carbocycles. The standard InChI is InChI=1S/C14H18N4O5/c1-17-8-16-14(18(19)20)13(17)15-7-9-5-11(22-3)12(23-4)6-10(9)21-2/h5-6,8,15H,7H2,1-4H3. The molecule has 1 aromatic heterocycles. The smallest absolute Gasteiger partial charge is 0.406 e. The van der Waals surface area contributed by atoms with Crippen LogP contribution in [-0.4, -0.2) is 35.8 Å². The zero-order valence-electron chi connectivity index (χ0n) is 13.3. The Hall–Kier alpha value is -2.97. The van der Waals surface area contributed by atoms with Crippen LogP contribution in [0.4, 0.5) is 11.6 Å². The van der Waals surface area contributed by atoms with Gasteiger partial charge in [-0.3, -0.25) is 4.57 Å². The fourth-order valence-corrected chi connectivity index (χ4v) is 2.16. The number of nitrogens with one attached hydrogen (secondary N) is 1. The van der Waals surface area contributed by atoms with E-state index in [9.17, 15) is 10.1 Å². The summed E-state index contributed by atoms with van der Waals surface area (Å²) in [5, 5.41) is 14.0. The Balaban J connectivity index is 2.30. The molecule has 2 rings (SSSR count). The zero-order chi connectivity index (χ0) is 17.0. The summed E-state index contributed by atoms with van der Waals surface area (Å²) in [5.74, 6) is 1.75. The van der Waals surface area contributed by atoms with Crippen molar-refractivity contribution in [2.24, 2.45) is 7.05 Å². The lowest BCUT2D eigenvalue weighted by atomic mass is 10.1. The van der Waals surface area contributed by atoms with E-state index in [1.54, 1.807) is 23.7 Å². The molecule has 23 heavy (non-hydrogen) atoms. The van der Waals surface area contributed by atoms with Crippen molar-refractivity contribution in [3.05, 3.63) is 34.1 Å².